The molecule has 1 fully saturated rings. The first-order chi connectivity index (χ1) is 9.81. The Kier molecular flexibility index (Phi) is 3.97. The van der Waals surface area contributed by atoms with Crippen LogP contribution < -0.4 is 10.2 Å². The minimum absolute atomic E-state index is 0.0705. The molecule has 0 spiro atoms. The molecule has 112 valence electrons. The molecule has 0 radical (unpaired) electrons. The highest BCUT2D eigenvalue weighted by molar-refractivity contribution is 6.04. The highest BCUT2D eigenvalue weighted by atomic mass is 16.4. The number of aliphatic carboxylic acids is 1. The van der Waals surface area contributed by atoms with Gasteiger partial charge in [0, 0.05) is 24.3 Å². The summed E-state index contributed by atoms with van der Waals surface area (Å²) in [5.74, 6) is -1.20. The Balaban J connectivity index is 1.95. The molecular weight excluding hydrogens is 272 g/mol. The number of amides is 2. The van der Waals surface area contributed by atoms with E-state index in [-0.39, 0.29) is 30.2 Å². The first kappa shape index (κ1) is 15.0. The maximum Gasteiger partial charge on any atom is 0.305 e. The number of anilines is 1. The van der Waals surface area contributed by atoms with E-state index in [2.05, 4.69) is 5.32 Å². The summed E-state index contributed by atoms with van der Waals surface area (Å²) in [5, 5.41) is 11.0. The van der Waals surface area contributed by atoms with Crippen LogP contribution in [0.2, 0.25) is 0 Å². The van der Waals surface area contributed by atoms with Crippen molar-refractivity contribution in [3.63, 3.8) is 0 Å². The van der Waals surface area contributed by atoms with Crippen molar-refractivity contribution in [3.8, 4) is 0 Å². The van der Waals surface area contributed by atoms with Crippen LogP contribution in [0.25, 0.3) is 0 Å². The molecule has 0 aliphatic carbocycles. The van der Waals surface area contributed by atoms with Gasteiger partial charge in [-0.1, -0.05) is 0 Å². The summed E-state index contributed by atoms with van der Waals surface area (Å²) < 4.78 is 0. The molecular formula is C15H18N2O4. The van der Waals surface area contributed by atoms with E-state index in [0.717, 1.165) is 5.69 Å². The van der Waals surface area contributed by atoms with Gasteiger partial charge in [0.05, 0.1) is 11.8 Å². The Morgan fingerprint density at radius 1 is 1.29 bits per heavy atom. The van der Waals surface area contributed by atoms with Crippen molar-refractivity contribution in [3.05, 3.63) is 29.8 Å². The lowest BCUT2D eigenvalue weighted by Crippen LogP contribution is -2.58. The standard InChI is InChI=1S/C15H18N2O4/c1-15(2)9-17(14(15)21)11-5-3-10(4-6-11)13(20)16-8-7-12(18)19/h3-6H,7-9H2,1-2H3,(H,16,20)(H,18,19). The van der Waals surface area contributed by atoms with Gasteiger partial charge in [-0.05, 0) is 38.1 Å². The van der Waals surface area contributed by atoms with E-state index >= 15 is 0 Å². The Morgan fingerprint density at radius 3 is 2.38 bits per heavy atom. The maximum atomic E-state index is 11.9. The van der Waals surface area contributed by atoms with Gasteiger partial charge in [0.15, 0.2) is 0 Å². The van der Waals surface area contributed by atoms with Gasteiger partial charge < -0.3 is 15.3 Å². The van der Waals surface area contributed by atoms with Crippen molar-refractivity contribution >= 4 is 23.5 Å². The third-order valence-electron chi connectivity index (χ3n) is 3.44. The Hall–Kier alpha value is -2.37. The lowest BCUT2D eigenvalue weighted by molar-refractivity contribution is -0.137. The smallest absolute Gasteiger partial charge is 0.305 e. The van der Waals surface area contributed by atoms with Crippen molar-refractivity contribution in [1.29, 1.82) is 0 Å². The molecule has 1 heterocycles. The minimum Gasteiger partial charge on any atom is -0.481 e. The van der Waals surface area contributed by atoms with Gasteiger partial charge in [-0.3, -0.25) is 14.4 Å². The second-order valence-corrected chi connectivity index (χ2v) is 5.72. The van der Waals surface area contributed by atoms with Crippen LogP contribution in [-0.2, 0) is 9.59 Å². The fourth-order valence-electron chi connectivity index (χ4n) is 2.20. The van der Waals surface area contributed by atoms with Crippen molar-refractivity contribution in [1.82, 2.24) is 5.32 Å². The summed E-state index contributed by atoms with van der Waals surface area (Å²) in [5.41, 5.74) is 0.894. The summed E-state index contributed by atoms with van der Waals surface area (Å²) in [7, 11) is 0. The molecule has 21 heavy (non-hydrogen) atoms. The molecule has 0 unspecified atom stereocenters. The van der Waals surface area contributed by atoms with Crippen molar-refractivity contribution in [2.45, 2.75) is 20.3 Å². The molecule has 0 bridgehead atoms. The molecule has 0 atom stereocenters. The van der Waals surface area contributed by atoms with Crippen LogP contribution in [0.3, 0.4) is 0 Å². The van der Waals surface area contributed by atoms with Gasteiger partial charge in [0.2, 0.25) is 5.91 Å². The number of β-lactam (4-membered cyclic amide) rings is 1. The zero-order valence-corrected chi connectivity index (χ0v) is 12.0. The Labute approximate surface area is 122 Å². The lowest BCUT2D eigenvalue weighted by Gasteiger charge is -2.44. The van der Waals surface area contributed by atoms with Gasteiger partial charge >= 0.3 is 5.97 Å². The molecule has 1 aliphatic rings. The predicted molar refractivity (Wildman–Crippen MR) is 77.2 cm³/mol. The molecule has 0 saturated carbocycles. The minimum atomic E-state index is -0.954. The summed E-state index contributed by atoms with van der Waals surface area (Å²) in [6, 6.07) is 6.70. The van der Waals surface area contributed by atoms with Crippen LogP contribution >= 0.6 is 0 Å². The molecule has 1 aliphatic heterocycles. The molecule has 0 aromatic heterocycles. The summed E-state index contributed by atoms with van der Waals surface area (Å²) in [6.45, 7) is 4.55. The van der Waals surface area contributed by atoms with Crippen molar-refractivity contribution in [2.75, 3.05) is 18.0 Å². The van der Waals surface area contributed by atoms with Gasteiger partial charge in [-0.15, -0.1) is 0 Å². The van der Waals surface area contributed by atoms with E-state index in [1.165, 1.54) is 0 Å². The normalized spacial score (nSPS) is 16.3. The molecule has 2 amide bonds. The first-order valence-electron chi connectivity index (χ1n) is 6.73. The third-order valence-corrected chi connectivity index (χ3v) is 3.44. The fraction of sp³-hybridized carbons (Fsp3) is 0.400. The quantitative estimate of drug-likeness (QED) is 0.799. The molecule has 1 aromatic carbocycles. The number of nitrogens with one attached hydrogen (secondary N) is 1. The molecule has 1 aromatic rings. The number of carboxylic acid groups (broad SMARTS) is 1. The predicted octanol–water partition coefficient (Wildman–Crippen LogP) is 1.26. The summed E-state index contributed by atoms with van der Waals surface area (Å²) in [6.07, 6.45) is -0.110. The highest BCUT2D eigenvalue weighted by Gasteiger charge is 2.44. The zero-order valence-electron chi connectivity index (χ0n) is 12.0. The third kappa shape index (κ3) is 3.21. The SMILES string of the molecule is CC1(C)CN(c2ccc(C(=O)NCCC(=O)O)cc2)C1=O. The number of benzene rings is 1. The van der Waals surface area contributed by atoms with Crippen LogP contribution in [0.5, 0.6) is 0 Å². The van der Waals surface area contributed by atoms with Gasteiger partial charge in [0.1, 0.15) is 0 Å². The largest absolute Gasteiger partial charge is 0.481 e. The van der Waals surface area contributed by atoms with Gasteiger partial charge in [-0.2, -0.15) is 0 Å². The number of nitrogens with zero attached hydrogens (tertiary/aromatic N) is 1. The Morgan fingerprint density at radius 2 is 1.90 bits per heavy atom. The second kappa shape index (κ2) is 5.55. The van der Waals surface area contributed by atoms with Crippen LogP contribution in [0.4, 0.5) is 5.69 Å². The van der Waals surface area contributed by atoms with E-state index < -0.39 is 5.97 Å². The van der Waals surface area contributed by atoms with E-state index in [0.29, 0.717) is 12.1 Å². The average Bonchev–Trinajstić information content (AvgIpc) is 2.44. The van der Waals surface area contributed by atoms with E-state index in [1.807, 2.05) is 13.8 Å². The summed E-state index contributed by atoms with van der Waals surface area (Å²) in [4.78, 5) is 35.7. The van der Waals surface area contributed by atoms with E-state index in [4.69, 9.17) is 5.11 Å². The van der Waals surface area contributed by atoms with Gasteiger partial charge in [-0.25, -0.2) is 0 Å². The number of hydrogen-bond donors (Lipinski definition) is 2. The first-order valence-corrected chi connectivity index (χ1v) is 6.73. The van der Waals surface area contributed by atoms with E-state index in [9.17, 15) is 14.4 Å². The number of rotatable bonds is 5. The number of hydrogen-bond acceptors (Lipinski definition) is 3. The molecule has 2 rings (SSSR count). The lowest BCUT2D eigenvalue weighted by atomic mass is 9.82. The topological polar surface area (TPSA) is 86.7 Å². The van der Waals surface area contributed by atoms with E-state index in [1.54, 1.807) is 29.2 Å². The second-order valence-electron chi connectivity index (χ2n) is 5.72. The van der Waals surface area contributed by atoms with Crippen molar-refractivity contribution in [2.24, 2.45) is 5.41 Å². The van der Waals surface area contributed by atoms with Crippen LogP contribution in [0, 0.1) is 5.41 Å². The average molecular weight is 290 g/mol. The van der Waals surface area contributed by atoms with Crippen LogP contribution in [-0.4, -0.2) is 36.0 Å². The fourth-order valence-corrected chi connectivity index (χ4v) is 2.20. The number of carboxylic acids is 1. The summed E-state index contributed by atoms with van der Waals surface area (Å²) >= 11 is 0. The number of carbonyl (C=O) groups excluding carboxylic acids is 2. The van der Waals surface area contributed by atoms with Gasteiger partial charge in [0.25, 0.3) is 5.91 Å². The molecule has 6 heteroatoms. The monoisotopic (exact) mass is 290 g/mol. The van der Waals surface area contributed by atoms with Crippen LogP contribution in [0.15, 0.2) is 24.3 Å². The Bertz CT molecular complexity index is 578. The molecule has 2 N–H and O–H groups in total. The number of carbonyl (C=O) groups is 3. The van der Waals surface area contributed by atoms with Crippen LogP contribution in [0.1, 0.15) is 30.6 Å². The molecule has 6 nitrogen and oxygen atoms in total. The maximum absolute atomic E-state index is 11.9. The zero-order chi connectivity index (χ0) is 15.6. The van der Waals surface area contributed by atoms with Crippen molar-refractivity contribution < 1.29 is 19.5 Å². The molecule has 1 saturated heterocycles. The highest BCUT2D eigenvalue weighted by Crippen LogP contribution is 2.34.